The number of halogens is 2. The Balaban J connectivity index is 1.89. The molecule has 1 aliphatic rings. The lowest BCUT2D eigenvalue weighted by molar-refractivity contribution is -0.121. The number of rotatable bonds is 6. The molecule has 0 heterocycles. The number of aliphatic hydroxyl groups is 1. The summed E-state index contributed by atoms with van der Waals surface area (Å²) < 4.78 is 5.48. The third-order valence-corrected chi connectivity index (χ3v) is 3.27. The van der Waals surface area contributed by atoms with E-state index < -0.39 is 0 Å². The molecule has 0 aliphatic heterocycles. The van der Waals surface area contributed by atoms with Crippen molar-refractivity contribution in [2.75, 3.05) is 6.61 Å². The van der Waals surface area contributed by atoms with Crippen LogP contribution in [0, 0.1) is 0 Å². The van der Waals surface area contributed by atoms with E-state index in [1.807, 2.05) is 0 Å². The Hall–Kier alpha value is -0.970. The summed E-state index contributed by atoms with van der Waals surface area (Å²) in [5.74, 6) is 0.353. The van der Waals surface area contributed by atoms with E-state index in [2.05, 4.69) is 5.32 Å². The Kier molecular flexibility index (Phi) is 4.91. The molecule has 0 saturated heterocycles. The average molecular weight is 304 g/mol. The first kappa shape index (κ1) is 14.4. The van der Waals surface area contributed by atoms with E-state index in [9.17, 15) is 9.90 Å². The first-order valence-corrected chi connectivity index (χ1v) is 6.86. The van der Waals surface area contributed by atoms with Crippen LogP contribution >= 0.6 is 23.2 Å². The minimum Gasteiger partial charge on any atom is -0.491 e. The summed E-state index contributed by atoms with van der Waals surface area (Å²) in [6, 6.07) is 3.48. The van der Waals surface area contributed by atoms with E-state index in [4.69, 9.17) is 27.9 Å². The van der Waals surface area contributed by atoms with Gasteiger partial charge >= 0.3 is 0 Å². The molecule has 0 bridgehead atoms. The minimum absolute atomic E-state index is 0.0295. The standard InChI is InChI=1S/C13H15Cl2NO3/c14-9-5-8(7-17)13(11(15)6-9)19-4-3-12(18)16-10-1-2-10/h5-6,10,17H,1-4,7H2,(H,16,18). The van der Waals surface area contributed by atoms with Gasteiger partial charge in [0.05, 0.1) is 24.7 Å². The number of ether oxygens (including phenoxy) is 1. The summed E-state index contributed by atoms with van der Waals surface area (Å²) in [6.07, 6.45) is 2.38. The molecule has 1 fully saturated rings. The molecule has 0 unspecified atom stereocenters. The van der Waals surface area contributed by atoms with Crippen molar-refractivity contribution in [1.82, 2.24) is 5.32 Å². The maximum Gasteiger partial charge on any atom is 0.223 e. The van der Waals surface area contributed by atoms with Crippen LogP contribution in [0.15, 0.2) is 12.1 Å². The van der Waals surface area contributed by atoms with Crippen LogP contribution in [0.2, 0.25) is 10.0 Å². The van der Waals surface area contributed by atoms with Crippen LogP contribution < -0.4 is 10.1 Å². The van der Waals surface area contributed by atoms with Crippen LogP contribution in [0.5, 0.6) is 5.75 Å². The predicted molar refractivity (Wildman–Crippen MR) is 73.7 cm³/mol. The molecule has 6 heteroatoms. The Morgan fingerprint density at radius 3 is 2.79 bits per heavy atom. The Morgan fingerprint density at radius 1 is 1.42 bits per heavy atom. The Labute approximate surface area is 121 Å². The summed E-state index contributed by atoms with van der Waals surface area (Å²) in [6.45, 7) is -0.00318. The summed E-state index contributed by atoms with van der Waals surface area (Å²) in [4.78, 5) is 11.5. The van der Waals surface area contributed by atoms with E-state index in [1.54, 1.807) is 12.1 Å². The van der Waals surface area contributed by atoms with Gasteiger partial charge in [-0.25, -0.2) is 0 Å². The van der Waals surface area contributed by atoms with E-state index in [1.165, 1.54) is 0 Å². The predicted octanol–water partition coefficient (Wildman–Crippen LogP) is 2.53. The van der Waals surface area contributed by atoms with E-state index >= 15 is 0 Å². The third-order valence-electron chi connectivity index (χ3n) is 2.77. The highest BCUT2D eigenvalue weighted by atomic mass is 35.5. The molecular formula is C13H15Cl2NO3. The highest BCUT2D eigenvalue weighted by molar-refractivity contribution is 6.35. The van der Waals surface area contributed by atoms with Crippen molar-refractivity contribution >= 4 is 29.1 Å². The van der Waals surface area contributed by atoms with Gasteiger partial charge in [0.1, 0.15) is 5.75 Å². The van der Waals surface area contributed by atoms with Crippen LogP contribution in [0.4, 0.5) is 0 Å². The second kappa shape index (κ2) is 6.46. The van der Waals surface area contributed by atoms with Crippen molar-refractivity contribution in [3.63, 3.8) is 0 Å². The molecule has 19 heavy (non-hydrogen) atoms. The number of hydrogen-bond donors (Lipinski definition) is 2. The molecule has 1 aromatic carbocycles. The quantitative estimate of drug-likeness (QED) is 0.849. The van der Waals surface area contributed by atoms with Crippen LogP contribution in [-0.2, 0) is 11.4 Å². The first-order chi connectivity index (χ1) is 9.10. The zero-order chi connectivity index (χ0) is 13.8. The van der Waals surface area contributed by atoms with Crippen molar-refractivity contribution < 1.29 is 14.6 Å². The van der Waals surface area contributed by atoms with E-state index in [0.717, 1.165) is 12.8 Å². The normalized spacial score (nSPS) is 14.3. The second-order valence-electron chi connectivity index (χ2n) is 4.47. The lowest BCUT2D eigenvalue weighted by Gasteiger charge is -2.12. The summed E-state index contributed by atoms with van der Waals surface area (Å²) in [5.41, 5.74) is 0.514. The summed E-state index contributed by atoms with van der Waals surface area (Å²) in [7, 11) is 0. The largest absolute Gasteiger partial charge is 0.491 e. The summed E-state index contributed by atoms with van der Waals surface area (Å²) in [5, 5.41) is 12.9. The maximum atomic E-state index is 11.5. The van der Waals surface area contributed by atoms with Gasteiger partial charge in [-0.2, -0.15) is 0 Å². The molecule has 2 N–H and O–H groups in total. The molecule has 4 nitrogen and oxygen atoms in total. The van der Waals surface area contributed by atoms with Crippen molar-refractivity contribution in [2.24, 2.45) is 0 Å². The molecule has 104 valence electrons. The molecule has 2 rings (SSSR count). The first-order valence-electron chi connectivity index (χ1n) is 6.11. The zero-order valence-corrected chi connectivity index (χ0v) is 11.8. The Morgan fingerprint density at radius 2 is 2.16 bits per heavy atom. The fourth-order valence-corrected chi connectivity index (χ4v) is 2.26. The highest BCUT2D eigenvalue weighted by Crippen LogP contribution is 2.32. The molecular weight excluding hydrogens is 289 g/mol. The lowest BCUT2D eigenvalue weighted by Crippen LogP contribution is -2.26. The minimum atomic E-state index is -0.218. The van der Waals surface area contributed by atoms with E-state index in [0.29, 0.717) is 27.4 Å². The number of benzene rings is 1. The van der Waals surface area contributed by atoms with Gasteiger partial charge < -0.3 is 15.2 Å². The maximum absolute atomic E-state index is 11.5. The van der Waals surface area contributed by atoms with Crippen LogP contribution in [0.1, 0.15) is 24.8 Å². The van der Waals surface area contributed by atoms with Crippen molar-refractivity contribution in [1.29, 1.82) is 0 Å². The van der Waals surface area contributed by atoms with Crippen LogP contribution in [0.3, 0.4) is 0 Å². The molecule has 0 radical (unpaired) electrons. The van der Waals surface area contributed by atoms with Gasteiger partial charge in [-0.3, -0.25) is 4.79 Å². The zero-order valence-electron chi connectivity index (χ0n) is 10.3. The molecule has 0 atom stereocenters. The molecule has 1 aromatic rings. The van der Waals surface area contributed by atoms with Crippen molar-refractivity contribution in [3.8, 4) is 5.75 Å². The summed E-state index contributed by atoms with van der Waals surface area (Å²) >= 11 is 11.8. The van der Waals surface area contributed by atoms with Crippen molar-refractivity contribution in [3.05, 3.63) is 27.7 Å². The van der Waals surface area contributed by atoms with Gasteiger partial charge in [0, 0.05) is 16.6 Å². The number of carbonyl (C=O) groups excluding carboxylic acids is 1. The van der Waals surface area contributed by atoms with Gasteiger partial charge in [-0.05, 0) is 25.0 Å². The smallest absolute Gasteiger partial charge is 0.223 e. The molecule has 1 aliphatic carbocycles. The molecule has 1 amide bonds. The topological polar surface area (TPSA) is 58.6 Å². The number of aliphatic hydroxyl groups excluding tert-OH is 1. The second-order valence-corrected chi connectivity index (χ2v) is 5.32. The van der Waals surface area contributed by atoms with Crippen LogP contribution in [-0.4, -0.2) is 23.7 Å². The van der Waals surface area contributed by atoms with Gasteiger partial charge in [-0.1, -0.05) is 23.2 Å². The number of carbonyl (C=O) groups is 1. The van der Waals surface area contributed by atoms with Gasteiger partial charge in [0.2, 0.25) is 5.91 Å². The number of nitrogens with one attached hydrogen (secondary N) is 1. The SMILES string of the molecule is O=C(CCOc1c(Cl)cc(Cl)cc1CO)NC1CC1. The third kappa shape index (κ3) is 4.27. The molecule has 0 aromatic heterocycles. The fraction of sp³-hybridized carbons (Fsp3) is 0.462. The van der Waals surface area contributed by atoms with Gasteiger partial charge in [-0.15, -0.1) is 0 Å². The number of amides is 1. The van der Waals surface area contributed by atoms with Gasteiger partial charge in [0.25, 0.3) is 0 Å². The molecule has 0 spiro atoms. The highest BCUT2D eigenvalue weighted by Gasteiger charge is 2.23. The average Bonchev–Trinajstić information content (AvgIpc) is 3.15. The van der Waals surface area contributed by atoms with E-state index in [-0.39, 0.29) is 25.5 Å². The fourth-order valence-electron chi connectivity index (χ4n) is 1.67. The van der Waals surface area contributed by atoms with Gasteiger partial charge in [0.15, 0.2) is 0 Å². The van der Waals surface area contributed by atoms with Crippen molar-refractivity contribution in [2.45, 2.75) is 31.9 Å². The molecule has 1 saturated carbocycles. The Bertz CT molecular complexity index is 475. The lowest BCUT2D eigenvalue weighted by atomic mass is 10.2. The monoisotopic (exact) mass is 303 g/mol. The van der Waals surface area contributed by atoms with Crippen LogP contribution in [0.25, 0.3) is 0 Å². The number of hydrogen-bond acceptors (Lipinski definition) is 3.